The molecular weight excluding hydrogens is 340 g/mol. The number of nitrogens with one attached hydrogen (secondary N) is 1. The van der Waals surface area contributed by atoms with Gasteiger partial charge >= 0.3 is 0 Å². The maximum absolute atomic E-state index is 12.2. The number of hydrogen-bond donors (Lipinski definition) is 1. The largest absolute Gasteiger partial charge is 0.352 e. The summed E-state index contributed by atoms with van der Waals surface area (Å²) in [6, 6.07) is 6.08. The van der Waals surface area contributed by atoms with Crippen LogP contribution in [0, 0.1) is 5.92 Å². The van der Waals surface area contributed by atoms with Gasteiger partial charge in [-0.05, 0) is 65.9 Å². The minimum Gasteiger partial charge on any atom is -0.352 e. The third kappa shape index (κ3) is 3.35. The Kier molecular flexibility index (Phi) is 4.34. The van der Waals surface area contributed by atoms with Crippen molar-refractivity contribution in [2.24, 2.45) is 5.92 Å². The molecule has 1 saturated carbocycles. The first-order valence-corrected chi connectivity index (χ1v) is 8.28. The van der Waals surface area contributed by atoms with Gasteiger partial charge in [0, 0.05) is 28.6 Å². The van der Waals surface area contributed by atoms with Crippen molar-refractivity contribution in [3.05, 3.63) is 33.3 Å². The Labute approximate surface area is 132 Å². The first-order chi connectivity index (χ1) is 9.63. The number of hydrogen-bond acceptors (Lipinski definition) is 2. The average Bonchev–Trinajstić information content (AvgIpc) is 3.15. The van der Waals surface area contributed by atoms with Crippen LogP contribution in [0.15, 0.2) is 22.7 Å². The van der Waals surface area contributed by atoms with Gasteiger partial charge in [0.15, 0.2) is 0 Å². The smallest absolute Gasteiger partial charge is 0.252 e. The lowest BCUT2D eigenvalue weighted by molar-refractivity contribution is 0.0946. The molecule has 3 rings (SSSR count). The molecule has 0 aromatic heterocycles. The Hall–Kier alpha value is -0.580. The predicted molar refractivity (Wildman–Crippen MR) is 84.2 cm³/mol. The van der Waals surface area contributed by atoms with E-state index in [-0.39, 0.29) is 5.91 Å². The third-order valence-corrected chi connectivity index (χ3v) is 5.00. The van der Waals surface area contributed by atoms with Crippen molar-refractivity contribution >= 4 is 33.4 Å². The molecule has 1 N–H and O–H groups in total. The Morgan fingerprint density at radius 1 is 1.40 bits per heavy atom. The first kappa shape index (κ1) is 14.4. The van der Waals surface area contributed by atoms with E-state index in [1.165, 1.54) is 25.8 Å². The van der Waals surface area contributed by atoms with Gasteiger partial charge in [0.05, 0.1) is 5.56 Å². The van der Waals surface area contributed by atoms with Crippen LogP contribution in [0.4, 0.5) is 0 Å². The van der Waals surface area contributed by atoms with Gasteiger partial charge in [0.1, 0.15) is 0 Å². The molecule has 1 aromatic carbocycles. The summed E-state index contributed by atoms with van der Waals surface area (Å²) in [5.74, 6) is 0.559. The Morgan fingerprint density at radius 2 is 2.20 bits per heavy atom. The van der Waals surface area contributed by atoms with Crippen molar-refractivity contribution in [3.8, 4) is 0 Å². The quantitative estimate of drug-likeness (QED) is 0.896. The van der Waals surface area contributed by atoms with Crippen LogP contribution >= 0.6 is 27.5 Å². The summed E-state index contributed by atoms with van der Waals surface area (Å²) in [4.78, 5) is 14.7. The minimum atomic E-state index is -0.0292. The molecule has 5 heteroatoms. The number of benzene rings is 1. The van der Waals surface area contributed by atoms with Crippen LogP contribution in [0.2, 0.25) is 5.02 Å². The standard InChI is InChI=1S/C15H18BrClN2O/c16-14-7-11(17)1-4-13(14)15(20)18-8-10-5-6-19(9-10)12-2-3-12/h1,4,7,10,12H,2-3,5-6,8-9H2,(H,18,20). The fourth-order valence-electron chi connectivity index (χ4n) is 2.81. The van der Waals surface area contributed by atoms with Gasteiger partial charge in [-0.3, -0.25) is 4.79 Å². The first-order valence-electron chi connectivity index (χ1n) is 7.11. The Balaban J connectivity index is 1.51. The van der Waals surface area contributed by atoms with E-state index in [0.717, 1.165) is 23.6 Å². The summed E-state index contributed by atoms with van der Waals surface area (Å²) >= 11 is 9.27. The maximum Gasteiger partial charge on any atom is 0.252 e. The van der Waals surface area contributed by atoms with Crippen molar-refractivity contribution in [3.63, 3.8) is 0 Å². The van der Waals surface area contributed by atoms with Crippen molar-refractivity contribution in [1.29, 1.82) is 0 Å². The number of amides is 1. The number of halogens is 2. The Morgan fingerprint density at radius 3 is 2.90 bits per heavy atom. The van der Waals surface area contributed by atoms with Gasteiger partial charge in [-0.15, -0.1) is 0 Å². The van der Waals surface area contributed by atoms with E-state index in [2.05, 4.69) is 26.1 Å². The molecule has 1 aliphatic heterocycles. The zero-order valence-corrected chi connectivity index (χ0v) is 13.6. The molecule has 0 radical (unpaired) electrons. The number of carbonyl (C=O) groups is 1. The van der Waals surface area contributed by atoms with Crippen molar-refractivity contribution in [2.75, 3.05) is 19.6 Å². The zero-order valence-electron chi connectivity index (χ0n) is 11.2. The molecule has 1 aromatic rings. The molecule has 1 atom stereocenters. The van der Waals surface area contributed by atoms with Crippen LogP contribution in [0.3, 0.4) is 0 Å². The summed E-state index contributed by atoms with van der Waals surface area (Å²) < 4.78 is 0.744. The molecule has 1 aliphatic carbocycles. The molecule has 1 unspecified atom stereocenters. The summed E-state index contributed by atoms with van der Waals surface area (Å²) in [5.41, 5.74) is 0.645. The van der Waals surface area contributed by atoms with Crippen LogP contribution in [0.5, 0.6) is 0 Å². The average molecular weight is 358 g/mol. The molecule has 0 bridgehead atoms. The van der Waals surface area contributed by atoms with Crippen LogP contribution in [-0.4, -0.2) is 36.5 Å². The van der Waals surface area contributed by atoms with E-state index in [1.807, 2.05) is 0 Å². The third-order valence-electron chi connectivity index (χ3n) is 4.11. The fraction of sp³-hybridized carbons (Fsp3) is 0.533. The number of carbonyl (C=O) groups excluding carboxylic acids is 1. The van der Waals surface area contributed by atoms with Crippen LogP contribution < -0.4 is 5.32 Å². The highest BCUT2D eigenvalue weighted by Gasteiger charge is 2.34. The SMILES string of the molecule is O=C(NCC1CCN(C2CC2)C1)c1ccc(Cl)cc1Br. The van der Waals surface area contributed by atoms with E-state index >= 15 is 0 Å². The topological polar surface area (TPSA) is 32.3 Å². The molecular formula is C15H18BrClN2O. The van der Waals surface area contributed by atoms with Crippen molar-refractivity contribution < 1.29 is 4.79 Å². The van der Waals surface area contributed by atoms with E-state index in [1.54, 1.807) is 18.2 Å². The van der Waals surface area contributed by atoms with Gasteiger partial charge in [-0.25, -0.2) is 0 Å². The van der Waals surface area contributed by atoms with E-state index < -0.39 is 0 Å². The summed E-state index contributed by atoms with van der Waals surface area (Å²) in [6.45, 7) is 3.08. The molecule has 1 amide bonds. The lowest BCUT2D eigenvalue weighted by Gasteiger charge is -2.15. The van der Waals surface area contributed by atoms with Crippen molar-refractivity contribution in [2.45, 2.75) is 25.3 Å². The normalized spacial score (nSPS) is 23.0. The minimum absolute atomic E-state index is 0.0292. The molecule has 2 fully saturated rings. The molecule has 2 aliphatic rings. The maximum atomic E-state index is 12.2. The number of rotatable bonds is 4. The highest BCUT2D eigenvalue weighted by atomic mass is 79.9. The van der Waals surface area contributed by atoms with Gasteiger partial charge in [-0.1, -0.05) is 11.6 Å². The molecule has 1 heterocycles. The summed E-state index contributed by atoms with van der Waals surface area (Å²) in [5, 5.41) is 3.67. The Bertz CT molecular complexity index is 519. The predicted octanol–water partition coefficient (Wildman–Crippen LogP) is 3.32. The van der Waals surface area contributed by atoms with Crippen LogP contribution in [-0.2, 0) is 0 Å². The fourth-order valence-corrected chi connectivity index (χ4v) is 3.67. The lowest BCUT2D eigenvalue weighted by atomic mass is 10.1. The van der Waals surface area contributed by atoms with E-state index in [9.17, 15) is 4.79 Å². The molecule has 0 spiro atoms. The molecule has 108 valence electrons. The highest BCUT2D eigenvalue weighted by Crippen LogP contribution is 2.31. The second kappa shape index (κ2) is 6.04. The van der Waals surface area contributed by atoms with Crippen LogP contribution in [0.1, 0.15) is 29.6 Å². The zero-order chi connectivity index (χ0) is 14.1. The summed E-state index contributed by atoms with van der Waals surface area (Å²) in [7, 11) is 0. The highest BCUT2D eigenvalue weighted by molar-refractivity contribution is 9.10. The summed E-state index contributed by atoms with van der Waals surface area (Å²) in [6.07, 6.45) is 3.91. The van der Waals surface area contributed by atoms with E-state index in [4.69, 9.17) is 11.6 Å². The van der Waals surface area contributed by atoms with Gasteiger partial charge in [0.25, 0.3) is 5.91 Å². The molecule has 1 saturated heterocycles. The molecule has 3 nitrogen and oxygen atoms in total. The van der Waals surface area contributed by atoms with Crippen molar-refractivity contribution in [1.82, 2.24) is 10.2 Å². The van der Waals surface area contributed by atoms with Gasteiger partial charge in [-0.2, -0.15) is 0 Å². The second-order valence-electron chi connectivity index (χ2n) is 5.72. The number of likely N-dealkylation sites (tertiary alicyclic amines) is 1. The number of nitrogens with zero attached hydrogens (tertiary/aromatic N) is 1. The van der Waals surface area contributed by atoms with E-state index in [0.29, 0.717) is 16.5 Å². The second-order valence-corrected chi connectivity index (χ2v) is 7.01. The van der Waals surface area contributed by atoms with Gasteiger partial charge < -0.3 is 10.2 Å². The molecule has 20 heavy (non-hydrogen) atoms. The van der Waals surface area contributed by atoms with Gasteiger partial charge in [0.2, 0.25) is 0 Å². The van der Waals surface area contributed by atoms with Crippen LogP contribution in [0.25, 0.3) is 0 Å². The lowest BCUT2D eigenvalue weighted by Crippen LogP contribution is -2.31. The monoisotopic (exact) mass is 356 g/mol.